The molecule has 0 aliphatic carbocycles. The van der Waals surface area contributed by atoms with Crippen LogP contribution in [0.2, 0.25) is 0 Å². The van der Waals surface area contributed by atoms with Crippen LogP contribution in [0.1, 0.15) is 33.1 Å². The highest BCUT2D eigenvalue weighted by atomic mass is 15.1. The lowest BCUT2D eigenvalue weighted by atomic mass is 10.0. The summed E-state index contributed by atoms with van der Waals surface area (Å²) in [6.07, 6.45) is 4.12. The lowest BCUT2D eigenvalue weighted by Crippen LogP contribution is -2.27. The van der Waals surface area contributed by atoms with Gasteiger partial charge in [-0.25, -0.2) is 0 Å². The van der Waals surface area contributed by atoms with Gasteiger partial charge in [0.1, 0.15) is 0 Å². The molecule has 0 radical (unpaired) electrons. The van der Waals surface area contributed by atoms with Crippen LogP contribution in [0.25, 0.3) is 0 Å². The zero-order valence-electron chi connectivity index (χ0n) is 10.4. The summed E-state index contributed by atoms with van der Waals surface area (Å²) in [6, 6.07) is 0. The van der Waals surface area contributed by atoms with Crippen LogP contribution in [0.3, 0.4) is 0 Å². The highest BCUT2D eigenvalue weighted by Gasteiger charge is 2.21. The van der Waals surface area contributed by atoms with E-state index in [1.54, 1.807) is 0 Å². The Bertz CT molecular complexity index is 189. The predicted molar refractivity (Wildman–Crippen MR) is 67.1 cm³/mol. The van der Waals surface area contributed by atoms with Crippen molar-refractivity contribution >= 4 is 0 Å². The van der Waals surface area contributed by atoms with Crippen molar-refractivity contribution in [3.8, 4) is 0 Å². The summed E-state index contributed by atoms with van der Waals surface area (Å²) in [5, 5.41) is 3.33. The van der Waals surface area contributed by atoms with Gasteiger partial charge in [-0.15, -0.1) is 0 Å². The van der Waals surface area contributed by atoms with E-state index in [4.69, 9.17) is 0 Å². The van der Waals surface area contributed by atoms with E-state index in [2.05, 4.69) is 30.6 Å². The molecular formula is C13H26N2. The monoisotopic (exact) mass is 210 g/mol. The number of rotatable bonds is 7. The molecule has 88 valence electrons. The van der Waals surface area contributed by atoms with E-state index < -0.39 is 0 Å². The molecule has 2 nitrogen and oxygen atoms in total. The first kappa shape index (κ1) is 12.7. The van der Waals surface area contributed by atoms with E-state index in [1.165, 1.54) is 37.9 Å². The van der Waals surface area contributed by atoms with Crippen molar-refractivity contribution in [3.05, 3.63) is 12.2 Å². The summed E-state index contributed by atoms with van der Waals surface area (Å²) in [4.78, 5) is 2.56. The second-order valence-corrected chi connectivity index (χ2v) is 4.71. The van der Waals surface area contributed by atoms with Gasteiger partial charge >= 0.3 is 0 Å². The average molecular weight is 210 g/mol. The van der Waals surface area contributed by atoms with Crippen molar-refractivity contribution in [1.29, 1.82) is 0 Å². The molecular weight excluding hydrogens is 184 g/mol. The van der Waals surface area contributed by atoms with Gasteiger partial charge in [0.25, 0.3) is 0 Å². The maximum Gasteiger partial charge on any atom is 0.0202 e. The second-order valence-electron chi connectivity index (χ2n) is 4.71. The molecule has 2 heteroatoms. The van der Waals surface area contributed by atoms with E-state index >= 15 is 0 Å². The van der Waals surface area contributed by atoms with E-state index in [0.29, 0.717) is 0 Å². The largest absolute Gasteiger partial charge is 0.313 e. The predicted octanol–water partition coefficient (Wildman–Crippen LogP) is 2.27. The summed E-state index contributed by atoms with van der Waals surface area (Å²) < 4.78 is 0. The lowest BCUT2D eigenvalue weighted by Gasteiger charge is -2.17. The van der Waals surface area contributed by atoms with Gasteiger partial charge in [-0.1, -0.05) is 26.8 Å². The normalized spacial score (nSPS) is 22.1. The number of likely N-dealkylation sites (N-methyl/N-ethyl adjacent to an activating group) is 1. The summed E-state index contributed by atoms with van der Waals surface area (Å²) in [7, 11) is 0. The van der Waals surface area contributed by atoms with Gasteiger partial charge in [0.15, 0.2) is 0 Å². The Morgan fingerprint density at radius 3 is 2.93 bits per heavy atom. The summed E-state index contributed by atoms with van der Waals surface area (Å²) in [5.41, 5.74) is 1.33. The molecule has 1 aliphatic heterocycles. The van der Waals surface area contributed by atoms with Gasteiger partial charge < -0.3 is 5.32 Å². The minimum Gasteiger partial charge on any atom is -0.313 e. The molecule has 0 aromatic rings. The molecule has 1 atom stereocenters. The van der Waals surface area contributed by atoms with E-state index in [-0.39, 0.29) is 0 Å². The van der Waals surface area contributed by atoms with Crippen molar-refractivity contribution in [2.75, 3.05) is 32.7 Å². The topological polar surface area (TPSA) is 15.3 Å². The van der Waals surface area contributed by atoms with Gasteiger partial charge in [-0.3, -0.25) is 4.90 Å². The summed E-state index contributed by atoms with van der Waals surface area (Å²) in [5.74, 6) is 0.946. The Balaban J connectivity index is 2.15. The Morgan fingerprint density at radius 2 is 2.27 bits per heavy atom. The fourth-order valence-electron chi connectivity index (χ4n) is 2.37. The molecule has 1 saturated heterocycles. The summed E-state index contributed by atoms with van der Waals surface area (Å²) >= 11 is 0. The molecule has 0 amide bonds. The zero-order valence-corrected chi connectivity index (χ0v) is 10.4. The molecule has 0 aromatic carbocycles. The fraction of sp³-hybridized carbons (Fsp3) is 0.846. The first-order valence-electron chi connectivity index (χ1n) is 6.36. The molecule has 1 aliphatic rings. The smallest absolute Gasteiger partial charge is 0.0202 e. The van der Waals surface area contributed by atoms with Crippen LogP contribution in [0.5, 0.6) is 0 Å². The second kappa shape index (κ2) is 7.02. The van der Waals surface area contributed by atoms with Crippen molar-refractivity contribution in [1.82, 2.24) is 10.2 Å². The third kappa shape index (κ3) is 4.80. The molecule has 0 spiro atoms. The molecule has 0 aromatic heterocycles. The molecule has 1 heterocycles. The van der Waals surface area contributed by atoms with Gasteiger partial charge in [0, 0.05) is 19.6 Å². The number of nitrogens with zero attached hydrogens (tertiary/aromatic N) is 1. The van der Waals surface area contributed by atoms with Crippen LogP contribution in [0.15, 0.2) is 12.2 Å². The number of likely N-dealkylation sites (tertiary alicyclic amines) is 1. The van der Waals surface area contributed by atoms with Gasteiger partial charge in [0.05, 0.1) is 0 Å². The number of hydrogen-bond donors (Lipinski definition) is 1. The van der Waals surface area contributed by atoms with Crippen LogP contribution < -0.4 is 5.32 Å². The third-order valence-corrected chi connectivity index (χ3v) is 3.14. The Hall–Kier alpha value is -0.340. The zero-order chi connectivity index (χ0) is 11.1. The van der Waals surface area contributed by atoms with Gasteiger partial charge in [-0.05, 0) is 37.4 Å². The minimum absolute atomic E-state index is 0.946. The average Bonchev–Trinajstić information content (AvgIpc) is 2.63. The first-order chi connectivity index (χ1) is 7.26. The van der Waals surface area contributed by atoms with E-state index in [9.17, 15) is 0 Å². The standard InChI is InChI=1S/C13H26N2/c1-4-6-13-7-8-15(11-13)10-12(3)9-14-5-2/h13-14H,3-11H2,1-2H3. The molecule has 1 N–H and O–H groups in total. The molecule has 0 saturated carbocycles. The first-order valence-corrected chi connectivity index (χ1v) is 6.36. The fourth-order valence-corrected chi connectivity index (χ4v) is 2.37. The van der Waals surface area contributed by atoms with Crippen LogP contribution in [0.4, 0.5) is 0 Å². The van der Waals surface area contributed by atoms with Crippen LogP contribution in [-0.4, -0.2) is 37.6 Å². The van der Waals surface area contributed by atoms with Crippen LogP contribution in [-0.2, 0) is 0 Å². The van der Waals surface area contributed by atoms with Crippen LogP contribution in [0, 0.1) is 5.92 Å². The Kier molecular flexibility index (Phi) is 5.96. The van der Waals surface area contributed by atoms with Crippen molar-refractivity contribution in [2.45, 2.75) is 33.1 Å². The van der Waals surface area contributed by atoms with Crippen molar-refractivity contribution < 1.29 is 0 Å². The SMILES string of the molecule is C=C(CNCC)CN1CCC(CCC)C1. The van der Waals surface area contributed by atoms with E-state index in [1.807, 2.05) is 0 Å². The lowest BCUT2D eigenvalue weighted by molar-refractivity contribution is 0.343. The molecule has 1 fully saturated rings. The maximum atomic E-state index is 4.12. The molecule has 0 bridgehead atoms. The molecule has 15 heavy (non-hydrogen) atoms. The minimum atomic E-state index is 0.946. The highest BCUT2D eigenvalue weighted by molar-refractivity contribution is 5.00. The highest BCUT2D eigenvalue weighted by Crippen LogP contribution is 2.21. The van der Waals surface area contributed by atoms with Gasteiger partial charge in [0.2, 0.25) is 0 Å². The maximum absolute atomic E-state index is 4.12. The third-order valence-electron chi connectivity index (χ3n) is 3.14. The van der Waals surface area contributed by atoms with Gasteiger partial charge in [-0.2, -0.15) is 0 Å². The van der Waals surface area contributed by atoms with E-state index in [0.717, 1.165) is 25.6 Å². The Labute approximate surface area is 94.7 Å². The number of hydrogen-bond acceptors (Lipinski definition) is 2. The van der Waals surface area contributed by atoms with Crippen molar-refractivity contribution in [2.24, 2.45) is 5.92 Å². The molecule has 1 unspecified atom stereocenters. The number of nitrogens with one attached hydrogen (secondary N) is 1. The summed E-state index contributed by atoms with van der Waals surface area (Å²) in [6.45, 7) is 14.2. The quantitative estimate of drug-likeness (QED) is 0.649. The van der Waals surface area contributed by atoms with Crippen molar-refractivity contribution in [3.63, 3.8) is 0 Å². The van der Waals surface area contributed by atoms with Crippen LogP contribution >= 0.6 is 0 Å². The Morgan fingerprint density at radius 1 is 1.47 bits per heavy atom. The molecule has 1 rings (SSSR count).